The molecule has 2 aromatic rings. The Morgan fingerprint density at radius 2 is 1.61 bits per heavy atom. The van der Waals surface area contributed by atoms with Gasteiger partial charge >= 0.3 is 5.97 Å². The van der Waals surface area contributed by atoms with Crippen molar-refractivity contribution in [3.05, 3.63) is 58.8 Å². The molecule has 0 aromatic heterocycles. The lowest BCUT2D eigenvalue weighted by Gasteiger charge is -2.34. The van der Waals surface area contributed by atoms with Crippen molar-refractivity contribution in [3.8, 4) is 23.0 Å². The third-order valence-corrected chi connectivity index (χ3v) is 6.67. The zero-order valence-electron chi connectivity index (χ0n) is 21.3. The first-order valence-electron chi connectivity index (χ1n) is 11.8. The van der Waals surface area contributed by atoms with Crippen LogP contribution < -0.4 is 18.9 Å². The molecule has 2 aliphatic rings. The number of benzene rings is 2. The van der Waals surface area contributed by atoms with Crippen LogP contribution in [0.3, 0.4) is 0 Å². The summed E-state index contributed by atoms with van der Waals surface area (Å²) in [4.78, 5) is 31.4. The van der Waals surface area contributed by atoms with E-state index in [0.717, 1.165) is 23.4 Å². The summed E-state index contributed by atoms with van der Waals surface area (Å²) in [6.45, 7) is 1.90. The van der Waals surface area contributed by atoms with E-state index in [1.165, 1.54) is 21.3 Å². The van der Waals surface area contributed by atoms with Gasteiger partial charge in [0.25, 0.3) is 0 Å². The van der Waals surface area contributed by atoms with E-state index in [9.17, 15) is 9.59 Å². The van der Waals surface area contributed by atoms with Crippen molar-refractivity contribution in [1.82, 2.24) is 0 Å². The second-order valence-electron chi connectivity index (χ2n) is 8.76. The minimum absolute atomic E-state index is 0.000735. The van der Waals surface area contributed by atoms with Gasteiger partial charge in [-0.25, -0.2) is 0 Å². The Morgan fingerprint density at radius 3 is 2.19 bits per heavy atom. The lowest BCUT2D eigenvalue weighted by molar-refractivity contribution is -0.148. The first-order valence-corrected chi connectivity index (χ1v) is 11.8. The molecule has 190 valence electrons. The number of aliphatic imine (C=N–C) groups is 1. The number of Topliss-reactive ketones (excluding diaryl/α,β-unsaturated/α-hetero) is 1. The summed E-state index contributed by atoms with van der Waals surface area (Å²) in [7, 11) is 6.19. The lowest BCUT2D eigenvalue weighted by Crippen LogP contribution is -2.37. The summed E-state index contributed by atoms with van der Waals surface area (Å²) >= 11 is 0. The van der Waals surface area contributed by atoms with Crippen LogP contribution >= 0.6 is 0 Å². The molecule has 0 bridgehead atoms. The molecule has 0 fully saturated rings. The van der Waals surface area contributed by atoms with Crippen LogP contribution in [0.25, 0.3) is 0 Å². The molecule has 2 aromatic carbocycles. The van der Waals surface area contributed by atoms with Crippen molar-refractivity contribution >= 4 is 17.5 Å². The number of nitrogens with zero attached hydrogens (tertiary/aromatic N) is 1. The molecule has 8 nitrogen and oxygen atoms in total. The largest absolute Gasteiger partial charge is 0.497 e. The molecule has 1 unspecified atom stereocenters. The highest BCUT2D eigenvalue weighted by atomic mass is 16.5. The molecule has 4 rings (SSSR count). The molecule has 0 saturated heterocycles. The quantitative estimate of drug-likeness (QED) is 0.495. The third kappa shape index (κ3) is 4.80. The highest BCUT2D eigenvalue weighted by molar-refractivity contribution is 6.08. The topological polar surface area (TPSA) is 92.7 Å². The molecule has 1 aliphatic heterocycles. The Kier molecular flexibility index (Phi) is 7.62. The fourth-order valence-corrected chi connectivity index (χ4v) is 4.92. The van der Waals surface area contributed by atoms with Gasteiger partial charge in [0.2, 0.25) is 5.75 Å². The van der Waals surface area contributed by atoms with Crippen LogP contribution in [-0.2, 0) is 20.9 Å². The number of ketones is 1. The summed E-state index contributed by atoms with van der Waals surface area (Å²) in [5, 5.41) is 0. The molecule has 1 aliphatic carbocycles. The Morgan fingerprint density at radius 1 is 0.944 bits per heavy atom. The van der Waals surface area contributed by atoms with E-state index >= 15 is 0 Å². The monoisotopic (exact) mass is 493 g/mol. The van der Waals surface area contributed by atoms with Gasteiger partial charge in [-0.05, 0) is 55.2 Å². The summed E-state index contributed by atoms with van der Waals surface area (Å²) in [6.07, 6.45) is 1.85. The van der Waals surface area contributed by atoms with Crippen LogP contribution in [0, 0.1) is 5.92 Å². The number of ether oxygens (including phenoxy) is 5. The third-order valence-electron chi connectivity index (χ3n) is 6.67. The molecule has 36 heavy (non-hydrogen) atoms. The van der Waals surface area contributed by atoms with Crippen molar-refractivity contribution < 1.29 is 33.3 Å². The Balaban J connectivity index is 1.74. The van der Waals surface area contributed by atoms with Gasteiger partial charge in [-0.2, -0.15) is 0 Å². The van der Waals surface area contributed by atoms with Gasteiger partial charge in [-0.3, -0.25) is 14.6 Å². The second-order valence-corrected chi connectivity index (χ2v) is 8.76. The molecule has 1 heterocycles. The maximum atomic E-state index is 13.6. The number of carbonyl (C=O) groups excluding carboxylic acids is 2. The summed E-state index contributed by atoms with van der Waals surface area (Å²) < 4.78 is 27.5. The normalized spacial score (nSPS) is 19.2. The van der Waals surface area contributed by atoms with E-state index in [0.29, 0.717) is 46.9 Å². The summed E-state index contributed by atoms with van der Waals surface area (Å²) in [6, 6.07) is 10.9. The van der Waals surface area contributed by atoms with Crippen LogP contribution in [0.5, 0.6) is 23.0 Å². The molecule has 0 radical (unpaired) electrons. The van der Waals surface area contributed by atoms with Gasteiger partial charge in [0.05, 0.1) is 28.4 Å². The second kappa shape index (κ2) is 10.8. The van der Waals surface area contributed by atoms with Crippen molar-refractivity contribution in [1.29, 1.82) is 0 Å². The van der Waals surface area contributed by atoms with E-state index in [4.69, 9.17) is 28.7 Å². The number of hydrogen-bond donors (Lipinski definition) is 0. The highest BCUT2D eigenvalue weighted by Gasteiger charge is 2.43. The van der Waals surface area contributed by atoms with E-state index in [1.807, 2.05) is 31.2 Å². The predicted molar refractivity (Wildman–Crippen MR) is 134 cm³/mol. The van der Waals surface area contributed by atoms with Gasteiger partial charge in [-0.15, -0.1) is 0 Å². The van der Waals surface area contributed by atoms with E-state index < -0.39 is 17.8 Å². The van der Waals surface area contributed by atoms with Crippen molar-refractivity contribution in [2.24, 2.45) is 10.9 Å². The number of esters is 1. The van der Waals surface area contributed by atoms with Crippen molar-refractivity contribution in [3.63, 3.8) is 0 Å². The first kappa shape index (κ1) is 25.3. The average Bonchev–Trinajstić information content (AvgIpc) is 2.90. The molecular formula is C28H31NO7. The highest BCUT2D eigenvalue weighted by Crippen LogP contribution is 2.48. The molecular weight excluding hydrogens is 462 g/mol. The minimum Gasteiger partial charge on any atom is -0.497 e. The zero-order valence-corrected chi connectivity index (χ0v) is 21.3. The summed E-state index contributed by atoms with van der Waals surface area (Å²) in [5.41, 5.74) is 3.44. The zero-order chi connectivity index (χ0) is 25.8. The van der Waals surface area contributed by atoms with Crippen LogP contribution in [0.1, 0.15) is 43.2 Å². The maximum Gasteiger partial charge on any atom is 0.315 e. The fourth-order valence-electron chi connectivity index (χ4n) is 4.92. The van der Waals surface area contributed by atoms with Crippen LogP contribution in [0.15, 0.2) is 52.7 Å². The Hall–Kier alpha value is -3.81. The molecule has 0 amide bonds. The van der Waals surface area contributed by atoms with Gasteiger partial charge < -0.3 is 23.7 Å². The number of hydrogen-bond acceptors (Lipinski definition) is 8. The smallest absolute Gasteiger partial charge is 0.315 e. The molecule has 0 spiro atoms. The van der Waals surface area contributed by atoms with Crippen molar-refractivity contribution in [2.75, 3.05) is 28.4 Å². The number of allylic oxidation sites excluding steroid dienone is 2. The standard InChI is InChI=1S/C28H31NO7/c1-16-24(28(31)36-15-17-9-11-19(32-2)12-10-17)25(26-20(29-16)7-6-8-21(26)30)18-13-22(33-3)27(35-5)23(14-18)34-4/h9-14,24-25H,6-8,15H2,1-5H3/t24?,25-/m0/s1. The number of carbonyl (C=O) groups is 2. The van der Waals surface area contributed by atoms with Crippen LogP contribution in [-0.4, -0.2) is 45.9 Å². The molecule has 8 heteroatoms. The predicted octanol–water partition coefficient (Wildman–Crippen LogP) is 4.65. The summed E-state index contributed by atoms with van der Waals surface area (Å²) in [5.74, 6) is 0.251. The first-order chi connectivity index (χ1) is 17.4. The van der Waals surface area contributed by atoms with Gasteiger partial charge in [-0.1, -0.05) is 12.1 Å². The van der Waals surface area contributed by atoms with Crippen LogP contribution in [0.4, 0.5) is 0 Å². The minimum atomic E-state index is -0.771. The van der Waals surface area contributed by atoms with Crippen molar-refractivity contribution in [2.45, 2.75) is 38.7 Å². The SMILES string of the molecule is COc1ccc(COC(=O)C2C(C)=NC3=C(C(=O)CCC3)[C@H]2c2cc(OC)c(OC)c(OC)c2)cc1. The van der Waals surface area contributed by atoms with Gasteiger partial charge in [0.15, 0.2) is 17.3 Å². The van der Waals surface area contributed by atoms with E-state index in [1.54, 1.807) is 19.2 Å². The number of rotatable bonds is 8. The number of methoxy groups -OCH3 is 4. The van der Waals surface area contributed by atoms with Gasteiger partial charge in [0.1, 0.15) is 18.3 Å². The Labute approximate surface area is 210 Å². The van der Waals surface area contributed by atoms with E-state index in [-0.39, 0.29) is 12.4 Å². The van der Waals surface area contributed by atoms with Gasteiger partial charge in [0, 0.05) is 29.3 Å². The van der Waals surface area contributed by atoms with Crippen LogP contribution in [0.2, 0.25) is 0 Å². The average molecular weight is 494 g/mol. The molecule has 0 saturated carbocycles. The molecule has 2 atom stereocenters. The Bertz CT molecular complexity index is 1190. The van der Waals surface area contributed by atoms with E-state index in [2.05, 4.69) is 0 Å². The lowest BCUT2D eigenvalue weighted by atomic mass is 9.71. The fraction of sp³-hybridized carbons (Fsp3) is 0.393. The maximum absolute atomic E-state index is 13.6. The molecule has 0 N–H and O–H groups in total.